The van der Waals surface area contributed by atoms with Crippen molar-refractivity contribution < 1.29 is 9.90 Å². The highest BCUT2D eigenvalue weighted by atomic mass is 32.1. The number of hydrogen-bond donors (Lipinski definition) is 4. The molecule has 27 heavy (non-hydrogen) atoms. The minimum Gasteiger partial charge on any atom is -0.386 e. The molecule has 0 fully saturated rings. The predicted octanol–water partition coefficient (Wildman–Crippen LogP) is 2.13. The first kappa shape index (κ1) is 18.8. The van der Waals surface area contributed by atoms with E-state index in [-0.39, 0.29) is 19.0 Å². The van der Waals surface area contributed by atoms with Crippen LogP contribution in [-0.4, -0.2) is 42.1 Å². The highest BCUT2D eigenvalue weighted by Crippen LogP contribution is 2.29. The van der Waals surface area contributed by atoms with Crippen molar-refractivity contribution >= 4 is 39.0 Å². The number of carbonyl (C=O) groups excluding carboxylic acids is 1. The third-order valence-electron chi connectivity index (χ3n) is 3.82. The predicted molar refractivity (Wildman–Crippen MR) is 109 cm³/mol. The summed E-state index contributed by atoms with van der Waals surface area (Å²) in [6.45, 7) is 0.338. The topological polar surface area (TPSA) is 98.6 Å². The lowest BCUT2D eigenvalue weighted by Gasteiger charge is -2.14. The van der Waals surface area contributed by atoms with E-state index >= 15 is 0 Å². The zero-order chi connectivity index (χ0) is 19.1. The Balaban J connectivity index is 1.47. The zero-order valence-electron chi connectivity index (χ0n) is 14.8. The molecule has 0 saturated carbocycles. The van der Waals surface area contributed by atoms with Crippen LogP contribution in [0.5, 0.6) is 0 Å². The van der Waals surface area contributed by atoms with Gasteiger partial charge in [0.05, 0.1) is 18.4 Å². The molecule has 3 aromatic rings. The number of thiophene rings is 1. The number of guanidine groups is 1. The largest absolute Gasteiger partial charge is 0.386 e. The van der Waals surface area contributed by atoms with E-state index in [1.165, 1.54) is 0 Å². The molecule has 1 aromatic carbocycles. The number of fused-ring (bicyclic) bond motifs is 1. The van der Waals surface area contributed by atoms with Crippen LogP contribution in [0.1, 0.15) is 11.0 Å². The maximum atomic E-state index is 12.0. The van der Waals surface area contributed by atoms with E-state index in [1.54, 1.807) is 42.9 Å². The number of aliphatic hydroxyl groups is 1. The van der Waals surface area contributed by atoms with Gasteiger partial charge in [-0.3, -0.25) is 14.8 Å². The third kappa shape index (κ3) is 5.25. The SMILES string of the molecule is CN=C(NCC(=O)Nc1cccnc1)NCC(O)c1cc2ccccc2s1. The van der Waals surface area contributed by atoms with Crippen molar-refractivity contribution in [2.75, 3.05) is 25.5 Å². The third-order valence-corrected chi connectivity index (χ3v) is 5.04. The fourth-order valence-electron chi connectivity index (χ4n) is 2.49. The van der Waals surface area contributed by atoms with Crippen molar-refractivity contribution in [1.29, 1.82) is 0 Å². The Morgan fingerprint density at radius 3 is 2.85 bits per heavy atom. The van der Waals surface area contributed by atoms with Gasteiger partial charge in [0, 0.05) is 29.4 Å². The molecule has 0 aliphatic heterocycles. The van der Waals surface area contributed by atoms with Crippen LogP contribution in [0.25, 0.3) is 10.1 Å². The van der Waals surface area contributed by atoms with Crippen LogP contribution in [0.4, 0.5) is 5.69 Å². The minimum absolute atomic E-state index is 0.0492. The van der Waals surface area contributed by atoms with Crippen molar-refractivity contribution in [3.8, 4) is 0 Å². The average Bonchev–Trinajstić information content (AvgIpc) is 3.13. The van der Waals surface area contributed by atoms with Gasteiger partial charge in [-0.15, -0.1) is 11.3 Å². The molecular weight excluding hydrogens is 362 g/mol. The van der Waals surface area contributed by atoms with Gasteiger partial charge in [-0.2, -0.15) is 0 Å². The molecule has 1 unspecified atom stereocenters. The molecule has 8 heteroatoms. The van der Waals surface area contributed by atoms with E-state index in [4.69, 9.17) is 0 Å². The molecular formula is C19H21N5O2S. The minimum atomic E-state index is -0.662. The normalized spacial score (nSPS) is 12.6. The number of aromatic nitrogens is 1. The zero-order valence-corrected chi connectivity index (χ0v) is 15.7. The van der Waals surface area contributed by atoms with Gasteiger partial charge in [-0.25, -0.2) is 0 Å². The molecule has 7 nitrogen and oxygen atoms in total. The number of anilines is 1. The van der Waals surface area contributed by atoms with E-state index < -0.39 is 6.10 Å². The second-order valence-electron chi connectivity index (χ2n) is 5.80. The molecule has 0 aliphatic rings. The Labute approximate surface area is 161 Å². The van der Waals surface area contributed by atoms with E-state index in [9.17, 15) is 9.90 Å². The fraction of sp³-hybridized carbons (Fsp3) is 0.211. The average molecular weight is 383 g/mol. The first-order valence-electron chi connectivity index (χ1n) is 8.46. The van der Waals surface area contributed by atoms with Gasteiger partial charge in [0.2, 0.25) is 5.91 Å². The number of pyridine rings is 1. The lowest BCUT2D eigenvalue weighted by Crippen LogP contribution is -2.42. The van der Waals surface area contributed by atoms with Crippen LogP contribution in [0, 0.1) is 0 Å². The molecule has 0 aliphatic carbocycles. The number of nitrogens with one attached hydrogen (secondary N) is 3. The van der Waals surface area contributed by atoms with Crippen LogP contribution in [0.2, 0.25) is 0 Å². The summed E-state index contributed by atoms with van der Waals surface area (Å²) >= 11 is 1.56. The number of carbonyl (C=O) groups is 1. The molecule has 2 aromatic heterocycles. The van der Waals surface area contributed by atoms with Gasteiger partial charge < -0.3 is 21.1 Å². The summed E-state index contributed by atoms with van der Waals surface area (Å²) in [5, 5.41) is 20.2. The number of rotatable bonds is 6. The Morgan fingerprint density at radius 1 is 1.26 bits per heavy atom. The molecule has 0 spiro atoms. The van der Waals surface area contributed by atoms with E-state index in [0.717, 1.165) is 15.0 Å². The Kier molecular flexibility index (Phi) is 6.35. The van der Waals surface area contributed by atoms with E-state index in [1.807, 2.05) is 30.3 Å². The maximum absolute atomic E-state index is 12.0. The molecule has 2 heterocycles. The van der Waals surface area contributed by atoms with E-state index in [0.29, 0.717) is 11.6 Å². The van der Waals surface area contributed by atoms with Crippen molar-refractivity contribution in [2.45, 2.75) is 6.10 Å². The summed E-state index contributed by atoms with van der Waals surface area (Å²) in [6, 6.07) is 13.5. The van der Waals surface area contributed by atoms with Crippen LogP contribution in [0.15, 0.2) is 59.9 Å². The van der Waals surface area contributed by atoms with Crippen LogP contribution >= 0.6 is 11.3 Å². The van der Waals surface area contributed by atoms with Crippen molar-refractivity contribution in [3.63, 3.8) is 0 Å². The molecule has 0 bridgehead atoms. The maximum Gasteiger partial charge on any atom is 0.243 e. The van der Waals surface area contributed by atoms with Crippen molar-refractivity contribution in [2.24, 2.45) is 4.99 Å². The fourth-order valence-corrected chi connectivity index (χ4v) is 3.54. The van der Waals surface area contributed by atoms with Gasteiger partial charge >= 0.3 is 0 Å². The second-order valence-corrected chi connectivity index (χ2v) is 6.91. The highest BCUT2D eigenvalue weighted by Gasteiger charge is 2.12. The quantitative estimate of drug-likeness (QED) is 0.386. The monoisotopic (exact) mass is 383 g/mol. The number of amides is 1. The number of aliphatic hydroxyl groups excluding tert-OH is 1. The highest BCUT2D eigenvalue weighted by molar-refractivity contribution is 7.19. The van der Waals surface area contributed by atoms with Gasteiger partial charge in [-0.05, 0) is 29.7 Å². The van der Waals surface area contributed by atoms with Crippen LogP contribution in [0.3, 0.4) is 0 Å². The summed E-state index contributed by atoms with van der Waals surface area (Å²) < 4.78 is 1.14. The van der Waals surface area contributed by atoms with Crippen LogP contribution in [-0.2, 0) is 4.79 Å². The first-order chi connectivity index (χ1) is 13.2. The molecule has 140 valence electrons. The molecule has 4 N–H and O–H groups in total. The molecule has 3 rings (SSSR count). The Bertz CT molecular complexity index is 893. The first-order valence-corrected chi connectivity index (χ1v) is 9.28. The molecule has 1 atom stereocenters. The number of nitrogens with zero attached hydrogens (tertiary/aromatic N) is 2. The van der Waals surface area contributed by atoms with Gasteiger partial charge in [-0.1, -0.05) is 18.2 Å². The van der Waals surface area contributed by atoms with Crippen molar-refractivity contribution in [3.05, 3.63) is 59.7 Å². The Morgan fingerprint density at radius 2 is 2.11 bits per heavy atom. The van der Waals surface area contributed by atoms with Gasteiger partial charge in [0.1, 0.15) is 6.10 Å². The smallest absolute Gasteiger partial charge is 0.243 e. The summed E-state index contributed by atoms with van der Waals surface area (Å²) in [5.74, 6) is 0.229. The molecule has 0 radical (unpaired) electrons. The van der Waals surface area contributed by atoms with Crippen LogP contribution < -0.4 is 16.0 Å². The van der Waals surface area contributed by atoms with E-state index in [2.05, 4.69) is 25.9 Å². The summed E-state index contributed by atoms with van der Waals surface area (Å²) in [4.78, 5) is 20.9. The number of hydrogen-bond acceptors (Lipinski definition) is 5. The summed E-state index contributed by atoms with van der Waals surface area (Å²) in [5.41, 5.74) is 0.632. The van der Waals surface area contributed by atoms with Gasteiger partial charge in [0.15, 0.2) is 5.96 Å². The molecule has 0 saturated heterocycles. The van der Waals surface area contributed by atoms with Gasteiger partial charge in [0.25, 0.3) is 0 Å². The second kappa shape index (κ2) is 9.11. The lowest BCUT2D eigenvalue weighted by atomic mass is 10.2. The lowest BCUT2D eigenvalue weighted by molar-refractivity contribution is -0.115. The summed E-state index contributed by atoms with van der Waals surface area (Å²) in [6.07, 6.45) is 2.55. The standard InChI is InChI=1S/C19H21N5O2S/c1-20-19(23-12-18(26)24-14-6-4-8-21-10-14)22-11-15(25)17-9-13-5-2-3-7-16(13)27-17/h2-10,15,25H,11-12H2,1H3,(H,24,26)(H2,20,22,23). The number of aliphatic imine (C=N–C) groups is 1. The Hall–Kier alpha value is -2.97. The summed E-state index contributed by atoms with van der Waals surface area (Å²) in [7, 11) is 1.61. The number of benzene rings is 1. The van der Waals surface area contributed by atoms with Crippen molar-refractivity contribution in [1.82, 2.24) is 15.6 Å². The molecule has 1 amide bonds.